The van der Waals surface area contributed by atoms with Gasteiger partial charge in [-0.2, -0.15) is 0 Å². The molecule has 0 saturated heterocycles. The van der Waals surface area contributed by atoms with Crippen molar-refractivity contribution in [1.82, 2.24) is 0 Å². The number of ether oxygens (including phenoxy) is 2. The number of carbonyl (C=O) groups is 1. The molecule has 1 amide bonds. The highest BCUT2D eigenvalue weighted by atomic mass is 16.5. The molecule has 4 nitrogen and oxygen atoms in total. The number of carbonyl (C=O) groups excluding carboxylic acids is 1. The quantitative estimate of drug-likeness (QED) is 0.783. The van der Waals surface area contributed by atoms with Gasteiger partial charge in [-0.25, -0.2) is 0 Å². The fourth-order valence-electron chi connectivity index (χ4n) is 1.92. The summed E-state index contributed by atoms with van der Waals surface area (Å²) in [6.07, 6.45) is 1.84. The van der Waals surface area contributed by atoms with Crippen LogP contribution in [0.1, 0.15) is 12.8 Å². The Balaban J connectivity index is 1.97. The minimum atomic E-state index is -0.272. The molecule has 3 rings (SSSR count). The smallest absolute Gasteiger partial charge is 0.234 e. The number of methoxy groups -OCH3 is 1. The predicted molar refractivity (Wildman–Crippen MR) is 58.8 cm³/mol. The average Bonchev–Trinajstić information content (AvgIpc) is 3.09. The van der Waals surface area contributed by atoms with Crippen molar-refractivity contribution in [1.29, 1.82) is 0 Å². The number of anilines is 1. The number of benzene rings is 1. The third kappa shape index (κ3) is 1.33. The molecule has 1 aliphatic carbocycles. The first kappa shape index (κ1) is 9.51. The van der Waals surface area contributed by atoms with Crippen LogP contribution >= 0.6 is 0 Å². The summed E-state index contributed by atoms with van der Waals surface area (Å²) in [4.78, 5) is 11.9. The van der Waals surface area contributed by atoms with Crippen molar-refractivity contribution in [3.05, 3.63) is 18.2 Å². The molecule has 1 heterocycles. The lowest BCUT2D eigenvalue weighted by Gasteiger charge is -2.08. The summed E-state index contributed by atoms with van der Waals surface area (Å²) in [5, 5.41) is 2.91. The zero-order valence-corrected chi connectivity index (χ0v) is 9.08. The maximum absolute atomic E-state index is 11.9. The number of rotatable bonds is 1. The van der Waals surface area contributed by atoms with Crippen LogP contribution in [0.25, 0.3) is 0 Å². The van der Waals surface area contributed by atoms with E-state index in [2.05, 4.69) is 5.32 Å². The fourth-order valence-corrected chi connectivity index (χ4v) is 1.92. The number of nitrogens with one attached hydrogen (secondary N) is 1. The van der Waals surface area contributed by atoms with Crippen LogP contribution in [0.3, 0.4) is 0 Å². The van der Waals surface area contributed by atoms with Crippen LogP contribution in [0.15, 0.2) is 18.2 Å². The molecule has 0 unspecified atom stereocenters. The highest BCUT2D eigenvalue weighted by Crippen LogP contribution is 2.49. The van der Waals surface area contributed by atoms with E-state index in [1.807, 2.05) is 12.1 Å². The molecule has 1 saturated carbocycles. The first-order chi connectivity index (χ1) is 7.73. The Kier molecular flexibility index (Phi) is 1.87. The lowest BCUT2D eigenvalue weighted by molar-refractivity contribution is -0.121. The van der Waals surface area contributed by atoms with Gasteiger partial charge in [0.25, 0.3) is 0 Å². The highest BCUT2D eigenvalue weighted by molar-refractivity contribution is 5.99. The van der Waals surface area contributed by atoms with Crippen LogP contribution in [0, 0.1) is 5.41 Å². The number of fused-ring (bicyclic) bond motifs is 1. The van der Waals surface area contributed by atoms with Crippen molar-refractivity contribution >= 4 is 11.6 Å². The second kappa shape index (κ2) is 3.14. The Hall–Kier alpha value is -1.71. The first-order valence-corrected chi connectivity index (χ1v) is 5.36. The van der Waals surface area contributed by atoms with E-state index in [-0.39, 0.29) is 11.3 Å². The summed E-state index contributed by atoms with van der Waals surface area (Å²) in [6.45, 7) is 0.484. The summed E-state index contributed by atoms with van der Waals surface area (Å²) in [6, 6.07) is 5.44. The van der Waals surface area contributed by atoms with Crippen molar-refractivity contribution in [3.8, 4) is 11.5 Å². The SMILES string of the molecule is COc1ccc2c(c1)NC(=O)C1(CC1)CO2. The molecule has 16 heavy (non-hydrogen) atoms. The molecule has 1 aromatic rings. The second-order valence-electron chi connectivity index (χ2n) is 4.39. The number of hydrogen-bond acceptors (Lipinski definition) is 3. The summed E-state index contributed by atoms with van der Waals surface area (Å²) in [5.41, 5.74) is 0.430. The summed E-state index contributed by atoms with van der Waals surface area (Å²) < 4.78 is 10.8. The van der Waals surface area contributed by atoms with Gasteiger partial charge in [-0.3, -0.25) is 4.79 Å². The van der Waals surface area contributed by atoms with Crippen LogP contribution in [0.4, 0.5) is 5.69 Å². The van der Waals surface area contributed by atoms with Gasteiger partial charge in [0.05, 0.1) is 18.2 Å². The molecule has 4 heteroatoms. The van der Waals surface area contributed by atoms with Gasteiger partial charge in [-0.05, 0) is 25.0 Å². The Morgan fingerprint density at radius 1 is 1.44 bits per heavy atom. The Morgan fingerprint density at radius 3 is 2.94 bits per heavy atom. The van der Waals surface area contributed by atoms with Crippen LogP contribution in [-0.2, 0) is 4.79 Å². The third-order valence-electron chi connectivity index (χ3n) is 3.27. The zero-order valence-electron chi connectivity index (χ0n) is 9.08. The van der Waals surface area contributed by atoms with Crippen molar-refractivity contribution in [2.45, 2.75) is 12.8 Å². The molecule has 84 valence electrons. The van der Waals surface area contributed by atoms with E-state index in [0.29, 0.717) is 12.3 Å². The van der Waals surface area contributed by atoms with Crippen molar-refractivity contribution in [2.24, 2.45) is 5.41 Å². The molecule has 1 aromatic carbocycles. The van der Waals surface area contributed by atoms with E-state index in [1.165, 1.54) is 0 Å². The van der Waals surface area contributed by atoms with Crippen LogP contribution in [0.2, 0.25) is 0 Å². The molecular formula is C12H13NO3. The zero-order chi connectivity index (χ0) is 11.2. The predicted octanol–water partition coefficient (Wildman–Crippen LogP) is 1.81. The van der Waals surface area contributed by atoms with Gasteiger partial charge in [0.1, 0.15) is 18.1 Å². The van der Waals surface area contributed by atoms with Gasteiger partial charge in [0.2, 0.25) is 5.91 Å². The van der Waals surface area contributed by atoms with Gasteiger partial charge >= 0.3 is 0 Å². The maximum atomic E-state index is 11.9. The van der Waals surface area contributed by atoms with Gasteiger partial charge in [-0.15, -0.1) is 0 Å². The molecule has 1 N–H and O–H groups in total. The molecule has 0 radical (unpaired) electrons. The maximum Gasteiger partial charge on any atom is 0.234 e. The number of amides is 1. The monoisotopic (exact) mass is 219 g/mol. The topological polar surface area (TPSA) is 47.6 Å². The largest absolute Gasteiger partial charge is 0.497 e. The second-order valence-corrected chi connectivity index (χ2v) is 4.39. The molecule has 1 fully saturated rings. The van der Waals surface area contributed by atoms with Gasteiger partial charge in [-0.1, -0.05) is 0 Å². The number of hydrogen-bond donors (Lipinski definition) is 1. The first-order valence-electron chi connectivity index (χ1n) is 5.36. The Labute approximate surface area is 93.5 Å². The van der Waals surface area contributed by atoms with E-state index < -0.39 is 0 Å². The summed E-state index contributed by atoms with van der Waals surface area (Å²) in [7, 11) is 1.60. The van der Waals surface area contributed by atoms with E-state index in [0.717, 1.165) is 24.3 Å². The molecule has 1 spiro atoms. The van der Waals surface area contributed by atoms with Crippen molar-refractivity contribution in [2.75, 3.05) is 19.0 Å². The van der Waals surface area contributed by atoms with E-state index >= 15 is 0 Å². The van der Waals surface area contributed by atoms with E-state index in [4.69, 9.17) is 9.47 Å². The average molecular weight is 219 g/mol. The van der Waals surface area contributed by atoms with Gasteiger partial charge in [0.15, 0.2) is 0 Å². The van der Waals surface area contributed by atoms with E-state index in [9.17, 15) is 4.79 Å². The van der Waals surface area contributed by atoms with Crippen LogP contribution in [-0.4, -0.2) is 19.6 Å². The molecule has 0 atom stereocenters. The minimum Gasteiger partial charge on any atom is -0.497 e. The Bertz CT molecular complexity index is 452. The lowest BCUT2D eigenvalue weighted by Crippen LogP contribution is -2.26. The van der Waals surface area contributed by atoms with E-state index in [1.54, 1.807) is 13.2 Å². The van der Waals surface area contributed by atoms with Crippen molar-refractivity contribution in [3.63, 3.8) is 0 Å². The Morgan fingerprint density at radius 2 is 2.25 bits per heavy atom. The molecule has 1 aliphatic heterocycles. The summed E-state index contributed by atoms with van der Waals surface area (Å²) >= 11 is 0. The normalized spacial score (nSPS) is 20.4. The highest BCUT2D eigenvalue weighted by Gasteiger charge is 2.52. The standard InChI is InChI=1S/C12H13NO3/c1-15-8-2-3-10-9(6-8)13-11(14)12(4-5-12)7-16-10/h2-3,6H,4-5,7H2,1H3,(H,13,14). The summed E-state index contributed by atoms with van der Waals surface area (Å²) in [5.74, 6) is 1.51. The molecule has 0 bridgehead atoms. The van der Waals surface area contributed by atoms with Crippen LogP contribution in [0.5, 0.6) is 11.5 Å². The molecule has 0 aromatic heterocycles. The fraction of sp³-hybridized carbons (Fsp3) is 0.417. The van der Waals surface area contributed by atoms with Gasteiger partial charge in [0, 0.05) is 6.07 Å². The van der Waals surface area contributed by atoms with Crippen LogP contribution < -0.4 is 14.8 Å². The molecular weight excluding hydrogens is 206 g/mol. The minimum absolute atomic E-state index is 0.0690. The third-order valence-corrected chi connectivity index (χ3v) is 3.27. The van der Waals surface area contributed by atoms with Crippen molar-refractivity contribution < 1.29 is 14.3 Å². The van der Waals surface area contributed by atoms with Gasteiger partial charge < -0.3 is 14.8 Å². The lowest BCUT2D eigenvalue weighted by atomic mass is 10.1. The molecule has 2 aliphatic rings.